The number of carbonyl (C=O) groups is 1. The van der Waals surface area contributed by atoms with Gasteiger partial charge in [0.15, 0.2) is 0 Å². The zero-order chi connectivity index (χ0) is 17.5. The molecular formula is C19H23ClN4O. The summed E-state index contributed by atoms with van der Waals surface area (Å²) in [5.41, 5.74) is 1.56. The highest BCUT2D eigenvalue weighted by Gasteiger charge is 2.17. The number of rotatable bonds is 6. The van der Waals surface area contributed by atoms with Crippen molar-refractivity contribution < 1.29 is 4.79 Å². The van der Waals surface area contributed by atoms with Gasteiger partial charge in [-0.3, -0.25) is 4.79 Å². The molecule has 1 aliphatic rings. The molecule has 1 amide bonds. The molecule has 0 aliphatic heterocycles. The van der Waals surface area contributed by atoms with Crippen molar-refractivity contribution in [2.75, 3.05) is 11.9 Å². The molecule has 1 heterocycles. The first-order valence-corrected chi connectivity index (χ1v) is 9.20. The van der Waals surface area contributed by atoms with Gasteiger partial charge in [-0.1, -0.05) is 43.0 Å². The Balaban J connectivity index is 1.52. The van der Waals surface area contributed by atoms with Gasteiger partial charge in [0, 0.05) is 23.7 Å². The summed E-state index contributed by atoms with van der Waals surface area (Å²) in [6.07, 6.45) is 8.01. The van der Waals surface area contributed by atoms with Crippen LogP contribution >= 0.6 is 11.6 Å². The highest BCUT2D eigenvalue weighted by atomic mass is 35.5. The lowest BCUT2D eigenvalue weighted by Crippen LogP contribution is -2.36. The minimum atomic E-state index is -0.118. The largest absolute Gasteiger partial charge is 0.370 e. The molecule has 1 aromatic heterocycles. The number of benzene rings is 1. The van der Waals surface area contributed by atoms with Crippen LogP contribution in [-0.4, -0.2) is 28.5 Å². The predicted molar refractivity (Wildman–Crippen MR) is 100 cm³/mol. The summed E-state index contributed by atoms with van der Waals surface area (Å²) >= 11 is 5.99. The van der Waals surface area contributed by atoms with Crippen molar-refractivity contribution in [3.05, 3.63) is 52.9 Å². The number of anilines is 1. The van der Waals surface area contributed by atoms with Crippen LogP contribution in [-0.2, 0) is 6.42 Å². The maximum absolute atomic E-state index is 12.4. The third kappa shape index (κ3) is 5.43. The van der Waals surface area contributed by atoms with E-state index in [0.717, 1.165) is 29.8 Å². The van der Waals surface area contributed by atoms with E-state index in [-0.39, 0.29) is 11.9 Å². The zero-order valence-corrected chi connectivity index (χ0v) is 14.9. The van der Waals surface area contributed by atoms with E-state index in [1.807, 2.05) is 24.3 Å². The standard InChI is InChI=1S/C19H23ClN4O/c20-15-6-4-5-14(11-15)9-10-21-18-12-17(22-13-23-18)19(25)24-16-7-2-1-3-8-16/h4-6,11-13,16H,1-3,7-10H2,(H,24,25)(H,21,22,23). The predicted octanol–water partition coefficient (Wildman–Crippen LogP) is 3.85. The highest BCUT2D eigenvalue weighted by molar-refractivity contribution is 6.30. The Labute approximate surface area is 153 Å². The van der Waals surface area contributed by atoms with Crippen LogP contribution in [0.4, 0.5) is 5.82 Å². The van der Waals surface area contributed by atoms with Crippen molar-refractivity contribution in [1.82, 2.24) is 15.3 Å². The van der Waals surface area contributed by atoms with Crippen molar-refractivity contribution in [2.24, 2.45) is 0 Å². The van der Waals surface area contributed by atoms with Gasteiger partial charge in [-0.15, -0.1) is 0 Å². The summed E-state index contributed by atoms with van der Waals surface area (Å²) in [6, 6.07) is 9.77. The molecule has 3 rings (SSSR count). The molecule has 0 radical (unpaired) electrons. The van der Waals surface area contributed by atoms with E-state index in [9.17, 15) is 4.79 Å². The summed E-state index contributed by atoms with van der Waals surface area (Å²) in [5.74, 6) is 0.540. The summed E-state index contributed by atoms with van der Waals surface area (Å²) in [6.45, 7) is 0.709. The quantitative estimate of drug-likeness (QED) is 0.823. The summed E-state index contributed by atoms with van der Waals surface area (Å²) in [5, 5.41) is 7.05. The Hall–Kier alpha value is -2.14. The maximum atomic E-state index is 12.4. The molecule has 2 N–H and O–H groups in total. The fourth-order valence-electron chi connectivity index (χ4n) is 3.11. The second kappa shape index (κ2) is 8.81. The molecule has 132 valence electrons. The van der Waals surface area contributed by atoms with Crippen LogP contribution in [0.15, 0.2) is 36.7 Å². The second-order valence-corrected chi connectivity index (χ2v) is 6.84. The van der Waals surface area contributed by atoms with E-state index in [1.165, 1.54) is 25.6 Å². The van der Waals surface area contributed by atoms with Crippen molar-refractivity contribution in [1.29, 1.82) is 0 Å². The molecule has 5 nitrogen and oxygen atoms in total. The van der Waals surface area contributed by atoms with Gasteiger partial charge in [0.25, 0.3) is 5.91 Å². The first-order valence-electron chi connectivity index (χ1n) is 8.82. The SMILES string of the molecule is O=C(NC1CCCCC1)c1cc(NCCc2cccc(Cl)c2)ncn1. The molecular weight excluding hydrogens is 336 g/mol. The first-order chi connectivity index (χ1) is 12.2. The zero-order valence-electron chi connectivity index (χ0n) is 14.2. The van der Waals surface area contributed by atoms with E-state index >= 15 is 0 Å². The highest BCUT2D eigenvalue weighted by Crippen LogP contribution is 2.18. The molecule has 0 bridgehead atoms. The number of amides is 1. The molecule has 1 aromatic carbocycles. The Kier molecular flexibility index (Phi) is 6.23. The number of carbonyl (C=O) groups excluding carboxylic acids is 1. The molecule has 0 spiro atoms. The van der Waals surface area contributed by atoms with Crippen molar-refractivity contribution in [3.63, 3.8) is 0 Å². The normalized spacial score (nSPS) is 14.9. The van der Waals surface area contributed by atoms with Crippen LogP contribution in [0.25, 0.3) is 0 Å². The molecule has 0 atom stereocenters. The van der Waals surface area contributed by atoms with Crippen LogP contribution in [0.5, 0.6) is 0 Å². The third-order valence-electron chi connectivity index (χ3n) is 4.45. The number of nitrogens with one attached hydrogen (secondary N) is 2. The molecule has 1 fully saturated rings. The molecule has 0 saturated heterocycles. The summed E-state index contributed by atoms with van der Waals surface area (Å²) in [7, 11) is 0. The van der Waals surface area contributed by atoms with Gasteiger partial charge in [0.2, 0.25) is 0 Å². The molecule has 1 saturated carbocycles. The lowest BCUT2D eigenvalue weighted by atomic mass is 9.95. The maximum Gasteiger partial charge on any atom is 0.270 e. The van der Waals surface area contributed by atoms with Crippen molar-refractivity contribution in [2.45, 2.75) is 44.6 Å². The van der Waals surface area contributed by atoms with Crippen molar-refractivity contribution >= 4 is 23.3 Å². The monoisotopic (exact) mass is 358 g/mol. The van der Waals surface area contributed by atoms with Crippen molar-refractivity contribution in [3.8, 4) is 0 Å². The van der Waals surface area contributed by atoms with Gasteiger partial charge >= 0.3 is 0 Å². The number of aromatic nitrogens is 2. The van der Waals surface area contributed by atoms with E-state index in [0.29, 0.717) is 18.1 Å². The second-order valence-electron chi connectivity index (χ2n) is 6.40. The van der Waals surface area contributed by atoms with Crippen LogP contribution in [0.1, 0.15) is 48.2 Å². The van der Waals surface area contributed by atoms with Gasteiger partial charge in [-0.2, -0.15) is 0 Å². The van der Waals surface area contributed by atoms with Crippen LogP contribution in [0.2, 0.25) is 5.02 Å². The van der Waals surface area contributed by atoms with E-state index in [2.05, 4.69) is 20.6 Å². The van der Waals surface area contributed by atoms with E-state index in [1.54, 1.807) is 6.07 Å². The molecule has 1 aliphatic carbocycles. The molecule has 25 heavy (non-hydrogen) atoms. The van der Waals surface area contributed by atoms with E-state index < -0.39 is 0 Å². The number of hydrogen-bond donors (Lipinski definition) is 2. The molecule has 0 unspecified atom stereocenters. The number of nitrogens with zero attached hydrogens (tertiary/aromatic N) is 2. The molecule has 6 heteroatoms. The summed E-state index contributed by atoms with van der Waals surface area (Å²) in [4.78, 5) is 20.6. The topological polar surface area (TPSA) is 66.9 Å². The minimum Gasteiger partial charge on any atom is -0.370 e. The summed E-state index contributed by atoms with van der Waals surface area (Å²) < 4.78 is 0. The van der Waals surface area contributed by atoms with Crippen LogP contribution in [0.3, 0.4) is 0 Å². The van der Waals surface area contributed by atoms with Gasteiger partial charge in [-0.25, -0.2) is 9.97 Å². The average Bonchev–Trinajstić information content (AvgIpc) is 2.63. The Bertz CT molecular complexity index is 716. The third-order valence-corrected chi connectivity index (χ3v) is 4.68. The Morgan fingerprint density at radius 1 is 1.16 bits per heavy atom. The Morgan fingerprint density at radius 3 is 2.80 bits per heavy atom. The van der Waals surface area contributed by atoms with Gasteiger partial charge < -0.3 is 10.6 Å². The first kappa shape index (κ1) is 17.7. The average molecular weight is 359 g/mol. The smallest absolute Gasteiger partial charge is 0.270 e. The van der Waals surface area contributed by atoms with E-state index in [4.69, 9.17) is 11.6 Å². The Morgan fingerprint density at radius 2 is 2.00 bits per heavy atom. The lowest BCUT2D eigenvalue weighted by Gasteiger charge is -2.22. The fourth-order valence-corrected chi connectivity index (χ4v) is 3.32. The van der Waals surface area contributed by atoms with Gasteiger partial charge in [-0.05, 0) is 37.0 Å². The molecule has 2 aromatic rings. The number of hydrogen-bond acceptors (Lipinski definition) is 4. The number of halogens is 1. The fraction of sp³-hybridized carbons (Fsp3) is 0.421. The van der Waals surface area contributed by atoms with Gasteiger partial charge in [0.1, 0.15) is 17.8 Å². The van der Waals surface area contributed by atoms with Crippen LogP contribution in [0, 0.1) is 0 Å². The minimum absolute atomic E-state index is 0.118. The van der Waals surface area contributed by atoms with Crippen LogP contribution < -0.4 is 10.6 Å². The van der Waals surface area contributed by atoms with Gasteiger partial charge in [0.05, 0.1) is 0 Å². The lowest BCUT2D eigenvalue weighted by molar-refractivity contribution is 0.0922.